The number of allylic oxidation sites excluding steroid dienone is 4. The minimum Gasteiger partial charge on any atom is -0.458 e. The highest BCUT2D eigenvalue weighted by atomic mass is 16.8. The summed E-state index contributed by atoms with van der Waals surface area (Å²) < 4.78 is 32.0. The van der Waals surface area contributed by atoms with Gasteiger partial charge in [0.2, 0.25) is 0 Å². The molecule has 8 rings (SSSR count). The van der Waals surface area contributed by atoms with Crippen molar-refractivity contribution < 1.29 is 42.9 Å². The van der Waals surface area contributed by atoms with Gasteiger partial charge in [-0.2, -0.15) is 0 Å². The number of Topliss-reactive ketones (excluding diaryl/α,β-unsaturated/α-hetero) is 2. The van der Waals surface area contributed by atoms with E-state index in [-0.39, 0.29) is 59.5 Å². The van der Waals surface area contributed by atoms with Gasteiger partial charge in [-0.25, -0.2) is 4.79 Å². The van der Waals surface area contributed by atoms with E-state index in [2.05, 4.69) is 20.8 Å². The Balaban J connectivity index is 1.14. The van der Waals surface area contributed by atoms with E-state index < -0.39 is 34.3 Å². The highest BCUT2D eigenvalue weighted by Crippen LogP contribution is 2.83. The largest absolute Gasteiger partial charge is 0.458 e. The van der Waals surface area contributed by atoms with Crippen molar-refractivity contribution in [2.24, 2.45) is 22.7 Å². The van der Waals surface area contributed by atoms with E-state index in [1.807, 2.05) is 13.8 Å². The van der Waals surface area contributed by atoms with Gasteiger partial charge in [0, 0.05) is 38.7 Å². The fourth-order valence-corrected chi connectivity index (χ4v) is 10.4. The zero-order chi connectivity index (χ0) is 30.8. The maximum atomic E-state index is 14.0. The van der Waals surface area contributed by atoms with Crippen LogP contribution in [0.25, 0.3) is 0 Å². The molecule has 0 aromatic carbocycles. The Morgan fingerprint density at radius 3 is 2.40 bits per heavy atom. The SMILES string of the molecule is CC1=C(C)C(=O)C(C(C)(C)CC(=O)O[C@@H]2[C@@]3(C(C)C)O[C@H]3[C@@H]3O[C@]34[C@]23O[C@H]3C[C@H]2C3=C(CC[C@@]24C)C(=O)OC3)=C(C)C1=O. The third-order valence-electron chi connectivity index (χ3n) is 12.8. The number of hydrogen-bond acceptors (Lipinski definition) is 9. The van der Waals surface area contributed by atoms with Crippen LogP contribution in [-0.2, 0) is 42.9 Å². The summed E-state index contributed by atoms with van der Waals surface area (Å²) >= 11 is 0. The molecular formula is C34H40O9. The van der Waals surface area contributed by atoms with Gasteiger partial charge < -0.3 is 23.7 Å². The van der Waals surface area contributed by atoms with Gasteiger partial charge in [-0.1, -0.05) is 34.6 Å². The third-order valence-corrected chi connectivity index (χ3v) is 12.8. The number of ether oxygens (including phenoxy) is 5. The Morgan fingerprint density at radius 2 is 1.70 bits per heavy atom. The molecule has 0 bridgehead atoms. The van der Waals surface area contributed by atoms with Crippen LogP contribution in [0.15, 0.2) is 33.4 Å². The molecule has 43 heavy (non-hydrogen) atoms. The Hall–Kier alpha value is -2.62. The van der Waals surface area contributed by atoms with Crippen molar-refractivity contribution in [3.05, 3.63) is 33.4 Å². The molecule has 9 nitrogen and oxygen atoms in total. The van der Waals surface area contributed by atoms with Crippen molar-refractivity contribution in [2.45, 2.75) is 122 Å². The number of cyclic esters (lactones) is 1. The maximum Gasteiger partial charge on any atom is 0.334 e. The van der Waals surface area contributed by atoms with Gasteiger partial charge in [0.1, 0.15) is 30.0 Å². The molecule has 2 saturated carbocycles. The molecule has 0 N–H and O–H groups in total. The van der Waals surface area contributed by atoms with Crippen LogP contribution in [0.5, 0.6) is 0 Å². The molecule has 4 heterocycles. The lowest BCUT2D eigenvalue weighted by atomic mass is 9.46. The van der Waals surface area contributed by atoms with E-state index in [1.165, 1.54) is 0 Å². The zero-order valence-electron chi connectivity index (χ0n) is 26.2. The van der Waals surface area contributed by atoms with E-state index in [1.54, 1.807) is 20.8 Å². The molecule has 0 radical (unpaired) electrons. The van der Waals surface area contributed by atoms with Crippen molar-refractivity contribution in [2.75, 3.05) is 6.61 Å². The molecule has 0 aromatic rings. The van der Waals surface area contributed by atoms with Crippen LogP contribution in [0, 0.1) is 22.7 Å². The first-order valence-electron chi connectivity index (χ1n) is 15.7. The lowest BCUT2D eigenvalue weighted by molar-refractivity contribution is -0.171. The summed E-state index contributed by atoms with van der Waals surface area (Å²) in [5, 5.41) is 0. The number of rotatable bonds is 5. The fourth-order valence-electron chi connectivity index (χ4n) is 10.4. The summed E-state index contributed by atoms with van der Waals surface area (Å²) in [6, 6.07) is 0. The van der Waals surface area contributed by atoms with Gasteiger partial charge >= 0.3 is 11.9 Å². The second-order valence-corrected chi connectivity index (χ2v) is 15.3. The van der Waals surface area contributed by atoms with Crippen LogP contribution in [0.2, 0.25) is 0 Å². The van der Waals surface area contributed by atoms with Gasteiger partial charge in [-0.05, 0) is 57.4 Å². The molecule has 4 aliphatic heterocycles. The topological polar surface area (TPSA) is 124 Å². The maximum absolute atomic E-state index is 14.0. The normalized spacial score (nSPS) is 45.6. The monoisotopic (exact) mass is 592 g/mol. The number of hydrogen-bond donors (Lipinski definition) is 0. The minimum atomic E-state index is -0.929. The molecule has 9 atom stereocenters. The lowest BCUT2D eigenvalue weighted by Crippen LogP contribution is -2.70. The number of fused-ring (bicyclic) bond motifs is 4. The first-order valence-corrected chi connectivity index (χ1v) is 15.7. The lowest BCUT2D eigenvalue weighted by Gasteiger charge is -2.53. The summed E-state index contributed by atoms with van der Waals surface area (Å²) in [6.45, 7) is 15.4. The van der Waals surface area contributed by atoms with Crippen molar-refractivity contribution in [1.29, 1.82) is 0 Å². The number of carbonyl (C=O) groups is 4. The average Bonchev–Trinajstić information content (AvgIpc) is 3.84. The van der Waals surface area contributed by atoms with Crippen molar-refractivity contribution in [3.8, 4) is 0 Å². The van der Waals surface area contributed by atoms with E-state index in [0.717, 1.165) is 17.6 Å². The standard InChI is InChI=1S/C34H40O9/c1-14(2)32-26(42-32)27-34(43-27)31(8)10-9-18-19(13-39-28(18)38)20(31)11-21-33(34,41-21)29(32)40-22(35)12-30(6,7)23-17(5)24(36)15(3)16(4)25(23)37/h14,20-21,26-27,29H,9-13H2,1-8H3/t20-,21-,26-,27-,29+,31-,32-,33+,34+/m0/s1. The molecule has 4 aliphatic carbocycles. The molecule has 230 valence electrons. The van der Waals surface area contributed by atoms with Gasteiger partial charge in [0.25, 0.3) is 0 Å². The molecule has 9 heteroatoms. The van der Waals surface area contributed by atoms with E-state index >= 15 is 0 Å². The molecule has 0 amide bonds. The van der Waals surface area contributed by atoms with E-state index in [0.29, 0.717) is 41.7 Å². The molecule has 8 aliphatic rings. The predicted molar refractivity (Wildman–Crippen MR) is 150 cm³/mol. The van der Waals surface area contributed by atoms with Crippen LogP contribution >= 0.6 is 0 Å². The van der Waals surface area contributed by atoms with Crippen LogP contribution < -0.4 is 0 Å². The first-order chi connectivity index (χ1) is 20.1. The highest BCUT2D eigenvalue weighted by Gasteiger charge is 3.01. The minimum absolute atomic E-state index is 0.0371. The second kappa shape index (κ2) is 7.96. The molecule has 0 unspecified atom stereocenters. The Labute approximate surface area is 251 Å². The Bertz CT molecular complexity index is 1560. The second-order valence-electron chi connectivity index (χ2n) is 15.3. The molecule has 5 fully saturated rings. The summed E-state index contributed by atoms with van der Waals surface area (Å²) in [4.78, 5) is 52.7. The quantitative estimate of drug-likeness (QED) is 0.266. The molecule has 0 aromatic heterocycles. The van der Waals surface area contributed by atoms with Crippen molar-refractivity contribution in [1.82, 2.24) is 0 Å². The van der Waals surface area contributed by atoms with Gasteiger partial charge in [-0.3, -0.25) is 14.4 Å². The molecule has 2 spiro atoms. The van der Waals surface area contributed by atoms with Gasteiger partial charge in [-0.15, -0.1) is 0 Å². The average molecular weight is 593 g/mol. The van der Waals surface area contributed by atoms with Crippen LogP contribution in [0.4, 0.5) is 0 Å². The molecule has 3 saturated heterocycles. The highest BCUT2D eigenvalue weighted by molar-refractivity contribution is 6.25. The van der Waals surface area contributed by atoms with Crippen molar-refractivity contribution in [3.63, 3.8) is 0 Å². The van der Waals surface area contributed by atoms with Gasteiger partial charge in [0.05, 0.1) is 12.5 Å². The van der Waals surface area contributed by atoms with Gasteiger partial charge in [0.15, 0.2) is 23.3 Å². The predicted octanol–water partition coefficient (Wildman–Crippen LogP) is 3.88. The summed E-state index contributed by atoms with van der Waals surface area (Å²) in [7, 11) is 0. The fraction of sp³-hybridized carbons (Fsp3) is 0.706. The molecular weight excluding hydrogens is 552 g/mol. The number of esters is 2. The Kier molecular flexibility index (Phi) is 5.16. The Morgan fingerprint density at radius 1 is 1.00 bits per heavy atom. The van der Waals surface area contributed by atoms with E-state index in [9.17, 15) is 19.2 Å². The summed E-state index contributed by atoms with van der Waals surface area (Å²) in [6.07, 6.45) is 0.732. The zero-order valence-corrected chi connectivity index (χ0v) is 26.2. The number of ketones is 2. The van der Waals surface area contributed by atoms with Crippen LogP contribution in [0.1, 0.15) is 81.1 Å². The summed E-state index contributed by atoms with van der Waals surface area (Å²) in [5.41, 5.74) is -0.0146. The number of epoxide rings is 3. The van der Waals surface area contributed by atoms with Crippen LogP contribution in [0.3, 0.4) is 0 Å². The third kappa shape index (κ3) is 2.96. The van der Waals surface area contributed by atoms with Crippen molar-refractivity contribution >= 4 is 23.5 Å². The van der Waals surface area contributed by atoms with E-state index in [4.69, 9.17) is 23.7 Å². The smallest absolute Gasteiger partial charge is 0.334 e. The first kappa shape index (κ1) is 27.9. The van der Waals surface area contributed by atoms with Crippen LogP contribution in [-0.4, -0.2) is 71.3 Å². The number of carbonyl (C=O) groups excluding carboxylic acids is 4. The summed E-state index contributed by atoms with van der Waals surface area (Å²) in [5.74, 6) is -0.900.